The molecule has 0 spiro atoms. The zero-order chi connectivity index (χ0) is 19.6. The van der Waals surface area contributed by atoms with Gasteiger partial charge in [-0.2, -0.15) is 0 Å². The number of hydrogen-bond acceptors (Lipinski definition) is 4. The van der Waals surface area contributed by atoms with Gasteiger partial charge in [0, 0.05) is 23.4 Å². The number of carbonyl (C=O) groups is 1. The third-order valence-electron chi connectivity index (χ3n) is 2.97. The Morgan fingerprint density at radius 2 is 1.58 bits per heavy atom. The number of rotatable bonds is 4. The van der Waals surface area contributed by atoms with E-state index >= 15 is 0 Å². The van der Waals surface area contributed by atoms with Crippen molar-refractivity contribution in [1.82, 2.24) is 4.72 Å². The largest absolute Gasteiger partial charge is 0.369 e. The normalized spacial score (nSPS) is 11.1. The summed E-state index contributed by atoms with van der Waals surface area (Å²) in [6, 6.07) is 3.22. The highest BCUT2D eigenvalue weighted by Gasteiger charge is 2.22. The fraction of sp³-hybridized carbons (Fsp3) is 0. The number of nitrogens with two attached hydrogens (primary N) is 1. The van der Waals surface area contributed by atoms with Crippen LogP contribution in [0.3, 0.4) is 0 Å². The molecule has 0 fully saturated rings. The van der Waals surface area contributed by atoms with Gasteiger partial charge < -0.3 is 11.1 Å². The van der Waals surface area contributed by atoms with E-state index in [1.165, 1.54) is 4.72 Å². The molecule has 0 radical (unpaired) electrons. The Balaban J connectivity index is 2.36. The first-order valence-electron chi connectivity index (χ1n) is 6.63. The summed E-state index contributed by atoms with van der Waals surface area (Å²) in [5.41, 5.74) is 4.07. The molecule has 0 saturated heterocycles. The number of hydrogen-bond donors (Lipinski definition) is 4. The minimum Gasteiger partial charge on any atom is -0.369 e. The van der Waals surface area contributed by atoms with Crippen molar-refractivity contribution in [3.05, 3.63) is 59.2 Å². The van der Waals surface area contributed by atoms with Crippen molar-refractivity contribution in [1.29, 1.82) is 5.41 Å². The molecule has 2 aromatic carbocycles. The number of guanidine groups is 1. The highest BCUT2D eigenvalue weighted by molar-refractivity contribution is 7.90. The Hall–Kier alpha value is -3.15. The van der Waals surface area contributed by atoms with Crippen LogP contribution in [-0.4, -0.2) is 20.3 Å². The molecule has 138 valence electrons. The summed E-state index contributed by atoms with van der Waals surface area (Å²) in [5.74, 6) is -8.07. The van der Waals surface area contributed by atoms with E-state index in [0.717, 1.165) is 6.07 Å². The van der Waals surface area contributed by atoms with Crippen molar-refractivity contribution >= 4 is 27.6 Å². The maximum absolute atomic E-state index is 13.8. The third-order valence-corrected chi connectivity index (χ3v) is 4.35. The molecule has 5 N–H and O–H groups in total. The van der Waals surface area contributed by atoms with Gasteiger partial charge in [-0.05, 0) is 18.2 Å². The standard InChI is InChI=1S/C14H10F4N4O3S/c15-8-2-1-6(3-11(8)26(24,25)22-14(19)20)13(23)21-7-4-9(16)12(18)10(17)5-7/h1-5H,(H,21,23)(H4,19,20,22). The molecule has 2 aromatic rings. The van der Waals surface area contributed by atoms with E-state index in [-0.39, 0.29) is 5.56 Å². The molecule has 26 heavy (non-hydrogen) atoms. The average Bonchev–Trinajstić information content (AvgIpc) is 2.51. The first-order valence-corrected chi connectivity index (χ1v) is 8.12. The van der Waals surface area contributed by atoms with Gasteiger partial charge in [0.15, 0.2) is 23.4 Å². The molecule has 0 aliphatic carbocycles. The molecule has 0 saturated carbocycles. The van der Waals surface area contributed by atoms with Gasteiger partial charge >= 0.3 is 0 Å². The second kappa shape index (κ2) is 7.00. The summed E-state index contributed by atoms with van der Waals surface area (Å²) < 4.78 is 78.2. The molecular weight excluding hydrogens is 380 g/mol. The lowest BCUT2D eigenvalue weighted by Gasteiger charge is -2.10. The molecule has 0 heterocycles. The molecule has 0 aromatic heterocycles. The van der Waals surface area contributed by atoms with Crippen molar-refractivity contribution in [3.8, 4) is 0 Å². The Morgan fingerprint density at radius 1 is 1.00 bits per heavy atom. The first kappa shape index (κ1) is 19.2. The Labute approximate surface area is 144 Å². The van der Waals surface area contributed by atoms with Crippen molar-refractivity contribution in [2.24, 2.45) is 5.73 Å². The predicted molar refractivity (Wildman–Crippen MR) is 82.9 cm³/mol. The van der Waals surface area contributed by atoms with E-state index in [0.29, 0.717) is 24.3 Å². The number of nitrogens with one attached hydrogen (secondary N) is 3. The Bertz CT molecular complexity index is 988. The fourth-order valence-corrected chi connectivity index (χ4v) is 2.89. The lowest BCUT2D eigenvalue weighted by Crippen LogP contribution is -2.36. The molecule has 0 bridgehead atoms. The van der Waals surface area contributed by atoms with E-state index in [9.17, 15) is 30.8 Å². The lowest BCUT2D eigenvalue weighted by atomic mass is 10.2. The predicted octanol–water partition coefficient (Wildman–Crippen LogP) is 1.67. The first-order chi connectivity index (χ1) is 12.0. The third kappa shape index (κ3) is 4.08. The van der Waals surface area contributed by atoms with E-state index in [2.05, 4.69) is 0 Å². The molecule has 1 amide bonds. The second-order valence-corrected chi connectivity index (χ2v) is 6.52. The highest BCUT2D eigenvalue weighted by Crippen LogP contribution is 2.20. The number of halogens is 4. The van der Waals surface area contributed by atoms with Gasteiger partial charge in [0.05, 0.1) is 0 Å². The van der Waals surface area contributed by atoms with Gasteiger partial charge in [0.1, 0.15) is 10.7 Å². The van der Waals surface area contributed by atoms with Crippen LogP contribution >= 0.6 is 0 Å². The quantitative estimate of drug-likeness (QED) is 0.274. The molecule has 12 heteroatoms. The minimum absolute atomic E-state index is 0.388. The van der Waals surface area contributed by atoms with E-state index in [4.69, 9.17) is 11.1 Å². The smallest absolute Gasteiger partial charge is 0.267 e. The molecule has 0 aliphatic heterocycles. The second-order valence-electron chi connectivity index (χ2n) is 4.87. The van der Waals surface area contributed by atoms with Crippen molar-refractivity contribution in [2.45, 2.75) is 4.90 Å². The fourth-order valence-electron chi connectivity index (χ4n) is 1.88. The topological polar surface area (TPSA) is 125 Å². The maximum atomic E-state index is 13.8. The van der Waals surface area contributed by atoms with Crippen molar-refractivity contribution in [3.63, 3.8) is 0 Å². The van der Waals surface area contributed by atoms with Crippen LogP contribution in [0.2, 0.25) is 0 Å². The minimum atomic E-state index is -4.56. The molecule has 0 atom stereocenters. The van der Waals surface area contributed by atoms with Crippen LogP contribution in [0.1, 0.15) is 10.4 Å². The summed E-state index contributed by atoms with van der Waals surface area (Å²) in [7, 11) is -4.56. The molecule has 0 unspecified atom stereocenters. The van der Waals surface area contributed by atoms with E-state index in [1.807, 2.05) is 5.32 Å². The van der Waals surface area contributed by atoms with Crippen LogP contribution in [0.5, 0.6) is 0 Å². The van der Waals surface area contributed by atoms with Gasteiger partial charge in [-0.15, -0.1) is 0 Å². The number of carbonyl (C=O) groups excluding carboxylic acids is 1. The van der Waals surface area contributed by atoms with Gasteiger partial charge in [0.2, 0.25) is 0 Å². The Morgan fingerprint density at radius 3 is 2.12 bits per heavy atom. The lowest BCUT2D eigenvalue weighted by molar-refractivity contribution is 0.102. The summed E-state index contributed by atoms with van der Waals surface area (Å²) in [6.07, 6.45) is 0. The monoisotopic (exact) mass is 390 g/mol. The summed E-state index contributed by atoms with van der Waals surface area (Å²) in [4.78, 5) is 11.1. The molecule has 0 aliphatic rings. The Kier molecular flexibility index (Phi) is 5.16. The van der Waals surface area contributed by atoms with Crippen LogP contribution in [0.4, 0.5) is 23.2 Å². The van der Waals surface area contributed by atoms with Crippen LogP contribution in [0.15, 0.2) is 35.2 Å². The van der Waals surface area contributed by atoms with E-state index in [1.54, 1.807) is 0 Å². The van der Waals surface area contributed by atoms with Crippen molar-refractivity contribution in [2.75, 3.05) is 5.32 Å². The number of amides is 1. The van der Waals surface area contributed by atoms with Crippen LogP contribution < -0.4 is 15.8 Å². The highest BCUT2D eigenvalue weighted by atomic mass is 32.2. The summed E-state index contributed by atoms with van der Waals surface area (Å²) in [5, 5.41) is 8.91. The molecule has 7 nitrogen and oxygen atoms in total. The zero-order valence-corrected chi connectivity index (χ0v) is 13.4. The summed E-state index contributed by atoms with van der Waals surface area (Å²) >= 11 is 0. The van der Waals surface area contributed by atoms with Crippen LogP contribution in [0, 0.1) is 28.7 Å². The van der Waals surface area contributed by atoms with Crippen LogP contribution in [0.25, 0.3) is 0 Å². The molecule has 2 rings (SSSR count). The van der Waals surface area contributed by atoms with Gasteiger partial charge in [-0.3, -0.25) is 10.2 Å². The maximum Gasteiger partial charge on any atom is 0.267 e. The number of anilines is 1. The zero-order valence-electron chi connectivity index (χ0n) is 12.6. The number of sulfonamides is 1. The van der Waals surface area contributed by atoms with Crippen molar-refractivity contribution < 1.29 is 30.8 Å². The average molecular weight is 390 g/mol. The SMILES string of the molecule is N=C(N)NS(=O)(=O)c1cc(C(=O)Nc2cc(F)c(F)c(F)c2)ccc1F. The van der Waals surface area contributed by atoms with Gasteiger partial charge in [0.25, 0.3) is 15.9 Å². The van der Waals surface area contributed by atoms with E-state index < -0.39 is 55.7 Å². The number of benzene rings is 2. The molecular formula is C14H10F4N4O3S. The van der Waals surface area contributed by atoms with Gasteiger partial charge in [-0.1, -0.05) is 0 Å². The van der Waals surface area contributed by atoms with Gasteiger partial charge in [-0.25, -0.2) is 30.7 Å². The van der Waals surface area contributed by atoms with Crippen LogP contribution in [-0.2, 0) is 10.0 Å². The summed E-state index contributed by atoms with van der Waals surface area (Å²) in [6.45, 7) is 0.